The molecule has 1 aliphatic heterocycles. The van der Waals surface area contributed by atoms with Gasteiger partial charge < -0.3 is 15.0 Å². The van der Waals surface area contributed by atoms with Crippen molar-refractivity contribution in [3.8, 4) is 5.75 Å². The highest BCUT2D eigenvalue weighted by Gasteiger charge is 2.16. The lowest BCUT2D eigenvalue weighted by atomic mass is 10.0. The molecule has 1 aliphatic rings. The number of benzene rings is 1. The number of nitrogens with one attached hydrogen (secondary N) is 1. The first-order chi connectivity index (χ1) is 9.58. The van der Waals surface area contributed by atoms with Crippen molar-refractivity contribution in [2.24, 2.45) is 0 Å². The molecule has 1 aromatic rings. The molecule has 1 atom stereocenters. The molecule has 0 aromatic heterocycles. The van der Waals surface area contributed by atoms with Crippen LogP contribution in [0.5, 0.6) is 5.75 Å². The molecular weight excluding hydrogens is 252 g/mol. The summed E-state index contributed by atoms with van der Waals surface area (Å²) in [6.07, 6.45) is 2.81. The van der Waals surface area contributed by atoms with Crippen LogP contribution in [0.1, 0.15) is 18.9 Å². The Hall–Kier alpha value is -1.81. The van der Waals surface area contributed by atoms with Crippen molar-refractivity contribution in [3.63, 3.8) is 0 Å². The number of nitrogens with zero attached hydrogens (tertiary/aromatic N) is 1. The fraction of sp³-hybridized carbons (Fsp3) is 0.438. The molecule has 0 spiro atoms. The average Bonchev–Trinajstić information content (AvgIpc) is 2.48. The average molecular weight is 274 g/mol. The quantitative estimate of drug-likeness (QED) is 0.912. The maximum Gasteiger partial charge on any atom is 0.262 e. The van der Waals surface area contributed by atoms with Crippen molar-refractivity contribution in [2.45, 2.75) is 19.4 Å². The molecule has 4 nitrogen and oxygen atoms in total. The highest BCUT2D eigenvalue weighted by atomic mass is 16.5. The smallest absolute Gasteiger partial charge is 0.262 e. The van der Waals surface area contributed by atoms with E-state index in [0.717, 1.165) is 25.3 Å². The number of carbonyl (C=O) groups excluding carboxylic acids is 1. The number of hydrogen-bond donors (Lipinski definition) is 1. The molecule has 1 N–H and O–H groups in total. The molecule has 20 heavy (non-hydrogen) atoms. The van der Waals surface area contributed by atoms with Crippen molar-refractivity contribution in [2.75, 3.05) is 27.2 Å². The Morgan fingerprint density at radius 2 is 2.00 bits per heavy atom. The first kappa shape index (κ1) is 14.6. The molecule has 0 bridgehead atoms. The second kappa shape index (κ2) is 6.57. The molecule has 0 aliphatic carbocycles. The summed E-state index contributed by atoms with van der Waals surface area (Å²) in [5, 5.41) is 3.30. The van der Waals surface area contributed by atoms with Crippen molar-refractivity contribution in [3.05, 3.63) is 35.9 Å². The number of amides is 1. The molecule has 0 saturated heterocycles. The zero-order valence-corrected chi connectivity index (χ0v) is 12.3. The fourth-order valence-electron chi connectivity index (χ4n) is 2.25. The monoisotopic (exact) mass is 274 g/mol. The second-order valence-electron chi connectivity index (χ2n) is 5.20. The summed E-state index contributed by atoms with van der Waals surface area (Å²) in [7, 11) is 3.46. The van der Waals surface area contributed by atoms with Crippen LogP contribution in [0.2, 0.25) is 0 Å². The summed E-state index contributed by atoms with van der Waals surface area (Å²) in [5.74, 6) is 0.695. The molecule has 108 valence electrons. The molecule has 1 unspecified atom stereocenters. The number of carbonyl (C=O) groups is 1. The lowest BCUT2D eigenvalue weighted by Crippen LogP contribution is -2.35. The summed E-state index contributed by atoms with van der Waals surface area (Å²) in [6, 6.07) is 7.97. The molecule has 0 saturated carbocycles. The Morgan fingerprint density at radius 3 is 2.55 bits per heavy atom. The fourth-order valence-corrected chi connectivity index (χ4v) is 2.25. The first-order valence-electron chi connectivity index (χ1n) is 6.96. The van der Waals surface area contributed by atoms with E-state index in [9.17, 15) is 4.79 Å². The van der Waals surface area contributed by atoms with Gasteiger partial charge >= 0.3 is 0 Å². The van der Waals surface area contributed by atoms with Crippen LogP contribution < -0.4 is 10.1 Å². The van der Waals surface area contributed by atoms with Crippen LogP contribution in [0.4, 0.5) is 0 Å². The van der Waals surface area contributed by atoms with Gasteiger partial charge in [0.15, 0.2) is 6.10 Å². The third-order valence-corrected chi connectivity index (χ3v) is 3.39. The van der Waals surface area contributed by atoms with Gasteiger partial charge in [0.1, 0.15) is 5.75 Å². The van der Waals surface area contributed by atoms with Gasteiger partial charge in [0.25, 0.3) is 5.91 Å². The second-order valence-corrected chi connectivity index (χ2v) is 5.20. The van der Waals surface area contributed by atoms with E-state index in [0.29, 0.717) is 0 Å². The van der Waals surface area contributed by atoms with Crippen molar-refractivity contribution >= 4 is 11.5 Å². The topological polar surface area (TPSA) is 41.6 Å². The van der Waals surface area contributed by atoms with Gasteiger partial charge in [0.05, 0.1) is 0 Å². The Bertz CT molecular complexity index is 492. The van der Waals surface area contributed by atoms with Crippen molar-refractivity contribution in [1.29, 1.82) is 0 Å². The number of ether oxygens (including phenoxy) is 1. The van der Waals surface area contributed by atoms with Crippen LogP contribution in [0.15, 0.2) is 30.3 Å². The Labute approximate surface area is 120 Å². The Balaban J connectivity index is 2.01. The predicted molar refractivity (Wildman–Crippen MR) is 80.7 cm³/mol. The normalized spacial score (nSPS) is 16.2. The van der Waals surface area contributed by atoms with Gasteiger partial charge in [-0.3, -0.25) is 4.79 Å². The van der Waals surface area contributed by atoms with Crippen molar-refractivity contribution < 1.29 is 9.53 Å². The first-order valence-corrected chi connectivity index (χ1v) is 6.96. The standard InChI is InChI=1S/C16H22N2O2/c1-12(16(19)18(2)3)20-15-6-4-13(5-7-15)14-8-10-17-11-9-14/h4-8,12,17H,9-11H2,1-3H3. The third-order valence-electron chi connectivity index (χ3n) is 3.39. The maximum absolute atomic E-state index is 11.7. The summed E-state index contributed by atoms with van der Waals surface area (Å²) >= 11 is 0. The van der Waals surface area contributed by atoms with E-state index < -0.39 is 6.10 Å². The van der Waals surface area contributed by atoms with E-state index in [-0.39, 0.29) is 5.91 Å². The largest absolute Gasteiger partial charge is 0.481 e. The molecule has 1 heterocycles. The molecule has 0 radical (unpaired) electrons. The summed E-state index contributed by atoms with van der Waals surface area (Å²) in [4.78, 5) is 13.3. The van der Waals surface area contributed by atoms with Gasteiger partial charge in [-0.25, -0.2) is 0 Å². The van der Waals surface area contributed by atoms with Crippen molar-refractivity contribution in [1.82, 2.24) is 10.2 Å². The van der Waals surface area contributed by atoms with Gasteiger partial charge in [0, 0.05) is 20.6 Å². The summed E-state index contributed by atoms with van der Waals surface area (Å²) < 4.78 is 5.66. The van der Waals surface area contributed by atoms with E-state index in [1.165, 1.54) is 11.1 Å². The van der Waals surface area contributed by atoms with E-state index in [1.54, 1.807) is 25.9 Å². The molecule has 0 fully saturated rings. The lowest BCUT2D eigenvalue weighted by molar-refractivity contribution is -0.135. The minimum Gasteiger partial charge on any atom is -0.481 e. The number of hydrogen-bond acceptors (Lipinski definition) is 3. The van der Waals surface area contributed by atoms with Gasteiger partial charge in [-0.05, 0) is 43.2 Å². The van der Waals surface area contributed by atoms with E-state index in [2.05, 4.69) is 23.5 Å². The van der Waals surface area contributed by atoms with Crippen LogP contribution in [0.25, 0.3) is 5.57 Å². The molecule has 1 aromatic carbocycles. The van der Waals surface area contributed by atoms with Gasteiger partial charge in [-0.1, -0.05) is 18.2 Å². The molecule has 2 rings (SSSR count). The van der Waals surface area contributed by atoms with Crippen LogP contribution in [-0.2, 0) is 4.79 Å². The van der Waals surface area contributed by atoms with Gasteiger partial charge in [-0.15, -0.1) is 0 Å². The van der Waals surface area contributed by atoms with Gasteiger partial charge in [-0.2, -0.15) is 0 Å². The van der Waals surface area contributed by atoms with Crippen LogP contribution in [0, 0.1) is 0 Å². The third kappa shape index (κ3) is 3.61. The number of likely N-dealkylation sites (N-methyl/N-ethyl adjacent to an activating group) is 1. The summed E-state index contributed by atoms with van der Waals surface area (Å²) in [6.45, 7) is 3.73. The van der Waals surface area contributed by atoms with E-state index in [4.69, 9.17) is 4.74 Å². The SMILES string of the molecule is CC(Oc1ccc(C2=CCNCC2)cc1)C(=O)N(C)C. The Kier molecular flexibility index (Phi) is 4.79. The number of rotatable bonds is 4. The van der Waals surface area contributed by atoms with Gasteiger partial charge in [0.2, 0.25) is 0 Å². The minimum absolute atomic E-state index is 0.0323. The maximum atomic E-state index is 11.7. The lowest BCUT2D eigenvalue weighted by Gasteiger charge is -2.19. The minimum atomic E-state index is -0.464. The van der Waals surface area contributed by atoms with E-state index >= 15 is 0 Å². The summed E-state index contributed by atoms with van der Waals surface area (Å²) in [5.41, 5.74) is 2.60. The zero-order chi connectivity index (χ0) is 14.5. The highest BCUT2D eigenvalue weighted by molar-refractivity contribution is 5.80. The molecular formula is C16H22N2O2. The van der Waals surface area contributed by atoms with Crippen LogP contribution in [-0.4, -0.2) is 44.1 Å². The predicted octanol–water partition coefficient (Wildman–Crippen LogP) is 1.92. The highest BCUT2D eigenvalue weighted by Crippen LogP contribution is 2.22. The molecule has 4 heteroatoms. The van der Waals surface area contributed by atoms with E-state index in [1.807, 2.05) is 12.1 Å². The van der Waals surface area contributed by atoms with Crippen LogP contribution >= 0.6 is 0 Å². The zero-order valence-electron chi connectivity index (χ0n) is 12.3. The van der Waals surface area contributed by atoms with Crippen LogP contribution in [0.3, 0.4) is 0 Å². The Morgan fingerprint density at radius 1 is 1.30 bits per heavy atom. The molecule has 1 amide bonds.